The molecular weight excluding hydrogens is 196 g/mol. The van der Waals surface area contributed by atoms with Gasteiger partial charge in [-0.3, -0.25) is 4.98 Å². The van der Waals surface area contributed by atoms with Gasteiger partial charge in [0.05, 0.1) is 12.4 Å². The van der Waals surface area contributed by atoms with Crippen LogP contribution in [0.3, 0.4) is 0 Å². The number of nitrogen functional groups attached to an aromatic ring is 1. The van der Waals surface area contributed by atoms with Gasteiger partial charge in [-0.15, -0.1) is 0 Å². The van der Waals surface area contributed by atoms with E-state index in [0.29, 0.717) is 11.6 Å². The Labute approximate surface area is 85.8 Å². The number of nitrogens with zero attached hydrogens (tertiary/aromatic N) is 2. The summed E-state index contributed by atoms with van der Waals surface area (Å²) in [5, 5.41) is 7.27. The molecule has 0 radical (unpaired) electrons. The normalized spacial score (nSPS) is 10.0. The van der Waals surface area contributed by atoms with Gasteiger partial charge in [-0.05, 0) is 22.4 Å². The van der Waals surface area contributed by atoms with Crippen LogP contribution in [-0.2, 0) is 6.54 Å². The minimum Gasteiger partial charge on any atom is -0.382 e. The minimum atomic E-state index is 0.431. The first-order valence-electron chi connectivity index (χ1n) is 4.17. The van der Waals surface area contributed by atoms with Crippen LogP contribution in [0.25, 0.3) is 0 Å². The quantitative estimate of drug-likeness (QED) is 0.802. The van der Waals surface area contributed by atoms with E-state index in [4.69, 9.17) is 5.73 Å². The number of nitrogens with two attached hydrogens (primary N) is 1. The summed E-state index contributed by atoms with van der Waals surface area (Å²) >= 11 is 1.68. The van der Waals surface area contributed by atoms with E-state index in [1.165, 1.54) is 11.8 Å². The highest BCUT2D eigenvalue weighted by molar-refractivity contribution is 7.07. The van der Waals surface area contributed by atoms with E-state index in [-0.39, 0.29) is 0 Å². The average Bonchev–Trinajstić information content (AvgIpc) is 2.67. The zero-order chi connectivity index (χ0) is 9.80. The lowest BCUT2D eigenvalue weighted by atomic mass is 10.3. The fourth-order valence-corrected chi connectivity index (χ4v) is 1.72. The predicted octanol–water partition coefficient (Wildman–Crippen LogP) is 1.73. The summed E-state index contributed by atoms with van der Waals surface area (Å²) in [5.74, 6) is 1.14. The molecule has 0 unspecified atom stereocenters. The molecule has 4 nitrogen and oxygen atoms in total. The summed E-state index contributed by atoms with van der Waals surface area (Å²) in [7, 11) is 0. The summed E-state index contributed by atoms with van der Waals surface area (Å²) in [6.07, 6.45) is 3.18. The van der Waals surface area contributed by atoms with Crippen LogP contribution in [0.2, 0.25) is 0 Å². The van der Waals surface area contributed by atoms with Gasteiger partial charge in [0, 0.05) is 6.54 Å². The third-order valence-corrected chi connectivity index (χ3v) is 2.44. The number of nitrogens with one attached hydrogen (secondary N) is 1. The molecule has 5 heteroatoms. The lowest BCUT2D eigenvalue weighted by Crippen LogP contribution is -2.02. The molecule has 14 heavy (non-hydrogen) atoms. The van der Waals surface area contributed by atoms with Gasteiger partial charge in [0.25, 0.3) is 0 Å². The minimum absolute atomic E-state index is 0.431. The van der Waals surface area contributed by atoms with Crippen LogP contribution < -0.4 is 11.1 Å². The third-order valence-electron chi connectivity index (χ3n) is 1.71. The molecule has 2 heterocycles. The Morgan fingerprint density at radius 1 is 1.43 bits per heavy atom. The van der Waals surface area contributed by atoms with Crippen LogP contribution in [0.4, 0.5) is 11.6 Å². The second-order valence-electron chi connectivity index (χ2n) is 2.81. The SMILES string of the molecule is Nc1cncc(NCc2ccsc2)n1. The average molecular weight is 206 g/mol. The third kappa shape index (κ3) is 2.20. The van der Waals surface area contributed by atoms with Gasteiger partial charge < -0.3 is 11.1 Å². The van der Waals surface area contributed by atoms with Crippen LogP contribution in [0.15, 0.2) is 29.2 Å². The lowest BCUT2D eigenvalue weighted by Gasteiger charge is -2.03. The van der Waals surface area contributed by atoms with Crippen molar-refractivity contribution in [3.05, 3.63) is 34.8 Å². The van der Waals surface area contributed by atoms with E-state index in [9.17, 15) is 0 Å². The van der Waals surface area contributed by atoms with E-state index in [0.717, 1.165) is 6.54 Å². The molecule has 0 aliphatic heterocycles. The molecule has 0 bridgehead atoms. The maximum atomic E-state index is 5.50. The number of aromatic nitrogens is 2. The highest BCUT2D eigenvalue weighted by atomic mass is 32.1. The molecular formula is C9H10N4S. The monoisotopic (exact) mass is 206 g/mol. The molecule has 2 rings (SSSR count). The van der Waals surface area contributed by atoms with Crippen LogP contribution >= 0.6 is 11.3 Å². The molecule has 3 N–H and O–H groups in total. The number of hydrogen-bond donors (Lipinski definition) is 2. The first-order chi connectivity index (χ1) is 6.84. The maximum absolute atomic E-state index is 5.50. The summed E-state index contributed by atoms with van der Waals surface area (Å²) in [4.78, 5) is 8.02. The standard InChI is InChI=1S/C9H10N4S/c10-8-4-11-5-9(13-8)12-3-7-1-2-14-6-7/h1-2,4-6H,3H2,(H3,10,12,13). The molecule has 0 amide bonds. The van der Waals surface area contributed by atoms with Crippen molar-refractivity contribution >= 4 is 23.0 Å². The molecule has 0 saturated carbocycles. The van der Waals surface area contributed by atoms with Crippen molar-refractivity contribution in [1.82, 2.24) is 9.97 Å². The van der Waals surface area contributed by atoms with Gasteiger partial charge in [-0.2, -0.15) is 11.3 Å². The Morgan fingerprint density at radius 2 is 2.36 bits per heavy atom. The van der Waals surface area contributed by atoms with Gasteiger partial charge in [-0.1, -0.05) is 0 Å². The topological polar surface area (TPSA) is 63.8 Å². The Morgan fingerprint density at radius 3 is 3.07 bits per heavy atom. The van der Waals surface area contributed by atoms with Crippen molar-refractivity contribution in [3.63, 3.8) is 0 Å². The zero-order valence-electron chi connectivity index (χ0n) is 7.47. The fraction of sp³-hybridized carbons (Fsp3) is 0.111. The summed E-state index contributed by atoms with van der Waals surface area (Å²) in [5.41, 5.74) is 6.73. The second-order valence-corrected chi connectivity index (χ2v) is 3.59. The van der Waals surface area contributed by atoms with Gasteiger partial charge in [0.2, 0.25) is 0 Å². The molecule has 0 atom stereocenters. The van der Waals surface area contributed by atoms with Crippen molar-refractivity contribution in [2.45, 2.75) is 6.54 Å². The Hall–Kier alpha value is -1.62. The highest BCUT2D eigenvalue weighted by Gasteiger charge is 1.96. The number of thiophene rings is 1. The maximum Gasteiger partial charge on any atom is 0.147 e. The molecule has 72 valence electrons. The zero-order valence-corrected chi connectivity index (χ0v) is 8.29. The van der Waals surface area contributed by atoms with Crippen molar-refractivity contribution in [1.29, 1.82) is 0 Å². The van der Waals surface area contributed by atoms with Crippen LogP contribution in [0, 0.1) is 0 Å². The van der Waals surface area contributed by atoms with Crippen LogP contribution in [-0.4, -0.2) is 9.97 Å². The van der Waals surface area contributed by atoms with Gasteiger partial charge >= 0.3 is 0 Å². The summed E-state index contributed by atoms with van der Waals surface area (Å²) < 4.78 is 0. The van der Waals surface area contributed by atoms with Gasteiger partial charge in [0.1, 0.15) is 11.6 Å². The van der Waals surface area contributed by atoms with Crippen molar-refractivity contribution in [2.24, 2.45) is 0 Å². The Balaban J connectivity index is 1.98. The summed E-state index contributed by atoms with van der Waals surface area (Å²) in [6.45, 7) is 0.752. The van der Waals surface area contributed by atoms with E-state index in [2.05, 4.69) is 26.7 Å². The molecule has 0 fully saturated rings. The van der Waals surface area contributed by atoms with E-state index in [1.807, 2.05) is 5.38 Å². The largest absolute Gasteiger partial charge is 0.382 e. The number of rotatable bonds is 3. The summed E-state index contributed by atoms with van der Waals surface area (Å²) in [6, 6.07) is 2.07. The number of hydrogen-bond acceptors (Lipinski definition) is 5. The predicted molar refractivity (Wildman–Crippen MR) is 58.1 cm³/mol. The van der Waals surface area contributed by atoms with E-state index in [1.54, 1.807) is 17.5 Å². The molecule has 0 saturated heterocycles. The second kappa shape index (κ2) is 4.06. The van der Waals surface area contributed by atoms with E-state index >= 15 is 0 Å². The van der Waals surface area contributed by atoms with Crippen LogP contribution in [0.5, 0.6) is 0 Å². The van der Waals surface area contributed by atoms with E-state index < -0.39 is 0 Å². The number of anilines is 2. The molecule has 0 aromatic carbocycles. The smallest absolute Gasteiger partial charge is 0.147 e. The first kappa shape index (κ1) is 8.96. The molecule has 0 aliphatic rings. The van der Waals surface area contributed by atoms with Crippen LogP contribution in [0.1, 0.15) is 5.56 Å². The molecule has 0 aliphatic carbocycles. The molecule has 2 aromatic heterocycles. The first-order valence-corrected chi connectivity index (χ1v) is 5.11. The highest BCUT2D eigenvalue weighted by Crippen LogP contribution is 2.09. The van der Waals surface area contributed by atoms with Gasteiger partial charge in [-0.25, -0.2) is 4.98 Å². The molecule has 0 spiro atoms. The van der Waals surface area contributed by atoms with Crippen molar-refractivity contribution in [2.75, 3.05) is 11.1 Å². The van der Waals surface area contributed by atoms with Crippen molar-refractivity contribution < 1.29 is 0 Å². The lowest BCUT2D eigenvalue weighted by molar-refractivity contribution is 1.10. The fourth-order valence-electron chi connectivity index (χ4n) is 1.05. The Kier molecular flexibility index (Phi) is 2.60. The Bertz CT molecular complexity index is 399. The molecule has 2 aromatic rings. The van der Waals surface area contributed by atoms with Crippen molar-refractivity contribution in [3.8, 4) is 0 Å². The van der Waals surface area contributed by atoms with Gasteiger partial charge in [0.15, 0.2) is 0 Å².